The highest BCUT2D eigenvalue weighted by Crippen LogP contribution is 2.44. The van der Waals surface area contributed by atoms with Gasteiger partial charge in [0.1, 0.15) is 52.9 Å². The Morgan fingerprint density at radius 3 is 1.83 bits per heavy atom. The summed E-state index contributed by atoms with van der Waals surface area (Å²) in [5, 5.41) is 6.53. The minimum atomic E-state index is 0.0339. The van der Waals surface area contributed by atoms with Gasteiger partial charge in [-0.05, 0) is 79.4 Å². The van der Waals surface area contributed by atoms with Crippen molar-refractivity contribution in [3.05, 3.63) is 137 Å². The molecule has 8 rings (SSSR count). The number of para-hydroxylation sites is 2. The Morgan fingerprint density at radius 2 is 1.19 bits per heavy atom. The summed E-state index contributed by atoms with van der Waals surface area (Å²) in [4.78, 5) is 4.98. The second-order valence-electron chi connectivity index (χ2n) is 13.0. The molecule has 8 aromatic rings. The summed E-state index contributed by atoms with van der Waals surface area (Å²) in [6.07, 6.45) is 6.80. The summed E-state index contributed by atoms with van der Waals surface area (Å²) in [6.45, 7) is 2.15. The average Bonchev–Trinajstić information content (AvgIpc) is 3.56. The molecule has 0 bridgehead atoms. The topological polar surface area (TPSA) is 17.8 Å². The molecule has 0 spiro atoms. The SMILES string of the molecule is [B]/C(C#C)=C(\[B])c1c([B])c([B])c([B])c([B])c1Cc1c2ccccc2c(-c2ccc(-n3c(CC)nc4ccccc43)c3ccccc23)c2ccccc12. The quantitative estimate of drug-likeness (QED) is 0.139. The van der Waals surface area contributed by atoms with Crippen LogP contribution in [0.3, 0.4) is 0 Å². The number of rotatable bonds is 6. The lowest BCUT2D eigenvalue weighted by molar-refractivity contribution is 0.913. The normalized spacial score (nSPS) is 12.1. The van der Waals surface area contributed by atoms with Crippen molar-refractivity contribution >= 4 is 118 Å². The van der Waals surface area contributed by atoms with Crippen LogP contribution in [-0.2, 0) is 12.8 Å². The zero-order valence-corrected chi connectivity index (χ0v) is 28.7. The molecule has 230 valence electrons. The maximum atomic E-state index is 6.72. The van der Waals surface area contributed by atoms with E-state index in [9.17, 15) is 0 Å². The molecule has 0 aliphatic heterocycles. The number of fused-ring (bicyclic) bond motifs is 4. The number of allylic oxidation sites excluding steroid dienone is 1. The first kappa shape index (κ1) is 33.6. The van der Waals surface area contributed by atoms with E-state index in [2.05, 4.69) is 108 Å². The summed E-state index contributed by atoms with van der Waals surface area (Å²) in [6, 6.07) is 38.2. The Labute approximate surface area is 312 Å². The molecule has 0 amide bonds. The average molecular weight is 648 g/mol. The molecule has 0 aliphatic rings. The van der Waals surface area contributed by atoms with Crippen LogP contribution in [0.15, 0.2) is 115 Å². The third-order valence-electron chi connectivity index (χ3n) is 10.2. The predicted octanol–water partition coefficient (Wildman–Crippen LogP) is 5.12. The van der Waals surface area contributed by atoms with Crippen LogP contribution in [0.4, 0.5) is 0 Å². The number of aromatic nitrogens is 2. The summed E-state index contributed by atoms with van der Waals surface area (Å²) >= 11 is 0. The summed E-state index contributed by atoms with van der Waals surface area (Å²) < 4.78 is 2.29. The van der Waals surface area contributed by atoms with Gasteiger partial charge in [-0.15, -0.1) is 22.8 Å². The first-order valence-electron chi connectivity index (χ1n) is 17.1. The second kappa shape index (κ2) is 13.2. The first-order valence-corrected chi connectivity index (χ1v) is 17.1. The lowest BCUT2D eigenvalue weighted by Crippen LogP contribution is -2.50. The zero-order valence-electron chi connectivity index (χ0n) is 28.7. The number of hydrogen-bond acceptors (Lipinski definition) is 1. The smallest absolute Gasteiger partial charge is 0.125 e. The van der Waals surface area contributed by atoms with Crippen molar-refractivity contribution in [2.75, 3.05) is 0 Å². The summed E-state index contributed by atoms with van der Waals surface area (Å²) in [5.74, 6) is 3.44. The van der Waals surface area contributed by atoms with E-state index < -0.39 is 0 Å². The van der Waals surface area contributed by atoms with Crippen LogP contribution in [-0.4, -0.2) is 56.6 Å². The van der Waals surface area contributed by atoms with E-state index in [0.717, 1.165) is 78.0 Å². The van der Waals surface area contributed by atoms with E-state index in [1.165, 1.54) is 0 Å². The van der Waals surface area contributed by atoms with E-state index in [-0.39, 0.29) is 32.8 Å². The minimum absolute atomic E-state index is 0.0339. The Morgan fingerprint density at radius 1 is 0.635 bits per heavy atom. The molecule has 52 heavy (non-hydrogen) atoms. The molecular formula is C44H26B6N2. The number of benzene rings is 7. The first-order chi connectivity index (χ1) is 25.2. The van der Waals surface area contributed by atoms with Crippen molar-refractivity contribution in [2.24, 2.45) is 0 Å². The number of nitrogens with zero attached hydrogens (tertiary/aromatic N) is 2. The molecule has 0 saturated carbocycles. The molecule has 0 fully saturated rings. The Bertz CT molecular complexity index is 2790. The van der Waals surface area contributed by atoms with Crippen molar-refractivity contribution in [2.45, 2.75) is 19.8 Å². The van der Waals surface area contributed by atoms with Gasteiger partial charge in [-0.2, -0.15) is 0 Å². The molecule has 0 atom stereocenters. The molecule has 1 aromatic heterocycles. The standard InChI is InChI=1S/C44H26B6N2/c1-3-33(45)41(47)39-32(40(46)43(49)44(50)42(39)48)23-31-25-14-6-9-17-28(25)38(29-18-10-7-15-26(29)31)30-21-22-35(27-16-8-5-13-24(27)30)52-36-20-12-11-19-34(36)51-37(52)4-2/h1,5-22H,4,23H2,2H3/b41-33-. The van der Waals surface area contributed by atoms with Crippen LogP contribution >= 0.6 is 0 Å². The highest BCUT2D eigenvalue weighted by Gasteiger charge is 2.22. The van der Waals surface area contributed by atoms with Crippen molar-refractivity contribution < 1.29 is 0 Å². The predicted molar refractivity (Wildman–Crippen MR) is 226 cm³/mol. The molecule has 0 N–H and O–H groups in total. The molecular weight excluding hydrogens is 621 g/mol. The number of hydrogen-bond donors (Lipinski definition) is 0. The lowest BCUT2D eigenvalue weighted by atomic mass is 9.59. The van der Waals surface area contributed by atoms with E-state index in [0.29, 0.717) is 17.5 Å². The lowest BCUT2D eigenvalue weighted by Gasteiger charge is -2.26. The highest BCUT2D eigenvalue weighted by atomic mass is 15.1. The fourth-order valence-corrected chi connectivity index (χ4v) is 7.74. The van der Waals surface area contributed by atoms with Gasteiger partial charge >= 0.3 is 0 Å². The molecule has 0 unspecified atom stereocenters. The fraction of sp³-hybridized carbons (Fsp3) is 0.0682. The summed E-state index contributed by atoms with van der Waals surface area (Å²) in [5.41, 5.74) is 8.40. The molecule has 0 saturated heterocycles. The largest absolute Gasteiger partial charge is 0.296 e. The third kappa shape index (κ3) is 5.17. The Balaban J connectivity index is 1.43. The summed E-state index contributed by atoms with van der Waals surface area (Å²) in [7, 11) is 38.7. The maximum Gasteiger partial charge on any atom is 0.125 e. The maximum absolute atomic E-state index is 6.72. The van der Waals surface area contributed by atoms with Gasteiger partial charge in [0, 0.05) is 11.8 Å². The molecule has 7 aromatic carbocycles. The van der Waals surface area contributed by atoms with Crippen LogP contribution in [0.2, 0.25) is 0 Å². The highest BCUT2D eigenvalue weighted by molar-refractivity contribution is 6.65. The molecule has 8 heteroatoms. The van der Waals surface area contributed by atoms with Gasteiger partial charge in [0.05, 0.1) is 16.7 Å². The van der Waals surface area contributed by atoms with E-state index in [1.807, 2.05) is 18.2 Å². The molecule has 1 heterocycles. The van der Waals surface area contributed by atoms with Crippen molar-refractivity contribution in [3.63, 3.8) is 0 Å². The minimum Gasteiger partial charge on any atom is -0.296 e. The monoisotopic (exact) mass is 648 g/mol. The number of aryl methyl sites for hydroxylation is 1. The molecule has 2 nitrogen and oxygen atoms in total. The van der Waals surface area contributed by atoms with Crippen LogP contribution in [0.1, 0.15) is 29.4 Å². The van der Waals surface area contributed by atoms with Crippen molar-refractivity contribution in [1.29, 1.82) is 0 Å². The number of terminal acetylenes is 1. The van der Waals surface area contributed by atoms with E-state index in [4.69, 9.17) is 58.5 Å². The van der Waals surface area contributed by atoms with Gasteiger partial charge in [0.15, 0.2) is 0 Å². The van der Waals surface area contributed by atoms with Crippen LogP contribution < -0.4 is 21.9 Å². The van der Waals surface area contributed by atoms with Crippen LogP contribution in [0, 0.1) is 12.3 Å². The fourth-order valence-electron chi connectivity index (χ4n) is 7.74. The van der Waals surface area contributed by atoms with Gasteiger partial charge in [-0.1, -0.05) is 120 Å². The van der Waals surface area contributed by atoms with Gasteiger partial charge in [0.25, 0.3) is 0 Å². The van der Waals surface area contributed by atoms with E-state index >= 15 is 0 Å². The van der Waals surface area contributed by atoms with Gasteiger partial charge in [0.2, 0.25) is 0 Å². The zero-order chi connectivity index (χ0) is 36.3. The number of imidazole rings is 1. The van der Waals surface area contributed by atoms with E-state index in [1.54, 1.807) is 0 Å². The molecule has 12 radical (unpaired) electrons. The second-order valence-corrected chi connectivity index (χ2v) is 13.0. The van der Waals surface area contributed by atoms with Gasteiger partial charge in [-0.25, -0.2) is 4.98 Å². The van der Waals surface area contributed by atoms with Gasteiger partial charge in [-0.3, -0.25) is 4.57 Å². The van der Waals surface area contributed by atoms with Gasteiger partial charge < -0.3 is 0 Å². The van der Waals surface area contributed by atoms with Crippen molar-refractivity contribution in [1.82, 2.24) is 9.55 Å². The van der Waals surface area contributed by atoms with Crippen LogP contribution in [0.5, 0.6) is 0 Å². The Hall–Kier alpha value is -5.52. The Kier molecular flexibility index (Phi) is 8.55. The third-order valence-corrected chi connectivity index (χ3v) is 10.2. The molecule has 0 aliphatic carbocycles. The van der Waals surface area contributed by atoms with Crippen LogP contribution in [0.25, 0.3) is 65.6 Å². The van der Waals surface area contributed by atoms with Crippen molar-refractivity contribution in [3.8, 4) is 29.2 Å².